The van der Waals surface area contributed by atoms with E-state index in [9.17, 15) is 9.90 Å². The van der Waals surface area contributed by atoms with Crippen LogP contribution in [0.1, 0.15) is 63.6 Å². The van der Waals surface area contributed by atoms with Crippen LogP contribution in [-0.2, 0) is 11.2 Å². The van der Waals surface area contributed by atoms with E-state index in [-0.39, 0.29) is 11.8 Å². The molecule has 4 rings (SSSR count). The molecule has 146 valence electrons. The van der Waals surface area contributed by atoms with Crippen molar-refractivity contribution >= 4 is 16.9 Å². The lowest BCUT2D eigenvalue weighted by molar-refractivity contribution is -0.159. The van der Waals surface area contributed by atoms with Crippen LogP contribution in [0.25, 0.3) is 10.9 Å². The van der Waals surface area contributed by atoms with Gasteiger partial charge in [-0.2, -0.15) is 0 Å². The molecule has 1 aromatic heterocycles. The third-order valence-electron chi connectivity index (χ3n) is 7.48. The Morgan fingerprint density at radius 1 is 1.33 bits per heavy atom. The summed E-state index contributed by atoms with van der Waals surface area (Å²) in [5, 5.41) is 11.6. The molecule has 0 radical (unpaired) electrons. The van der Waals surface area contributed by atoms with Crippen LogP contribution in [0.5, 0.6) is 0 Å². The second-order valence-electron chi connectivity index (χ2n) is 9.16. The number of fused-ring (bicyclic) bond motifs is 2. The largest absolute Gasteiger partial charge is 0.481 e. The SMILES string of the molecule is CCC(C)C1(C(=O)O)C[C@@H]2c3cccc4c3c(cn4C(C)C)C[C@H]2N(C)C1. The standard InChI is InChI=1S/C23H32N2O2/c1-6-15(4)23(22(26)27)11-18-17-8-7-9-19-21(17)16(12-25(19)14(2)3)10-20(18)24(5)13-23/h7-9,12,14-15,18,20H,6,10-11,13H2,1-5H3,(H,26,27)/t15?,18-,20-,23?/m1/s1. The Morgan fingerprint density at radius 2 is 2.07 bits per heavy atom. The summed E-state index contributed by atoms with van der Waals surface area (Å²) >= 11 is 0. The molecule has 2 unspecified atom stereocenters. The lowest BCUT2D eigenvalue weighted by atomic mass is 9.61. The quantitative estimate of drug-likeness (QED) is 0.852. The summed E-state index contributed by atoms with van der Waals surface area (Å²) in [4.78, 5) is 14.8. The maximum atomic E-state index is 12.4. The van der Waals surface area contributed by atoms with Gasteiger partial charge in [0.1, 0.15) is 0 Å². The summed E-state index contributed by atoms with van der Waals surface area (Å²) in [6.07, 6.45) is 5.00. The topological polar surface area (TPSA) is 45.5 Å². The second-order valence-corrected chi connectivity index (χ2v) is 9.16. The molecule has 0 amide bonds. The van der Waals surface area contributed by atoms with E-state index in [4.69, 9.17) is 0 Å². The van der Waals surface area contributed by atoms with E-state index in [1.807, 2.05) is 0 Å². The molecule has 0 bridgehead atoms. The number of carboxylic acids is 1. The maximum absolute atomic E-state index is 12.4. The molecule has 4 nitrogen and oxygen atoms in total. The van der Waals surface area contributed by atoms with Gasteiger partial charge in [0.2, 0.25) is 0 Å². The van der Waals surface area contributed by atoms with E-state index in [1.165, 1.54) is 22.0 Å². The van der Waals surface area contributed by atoms with Crippen LogP contribution >= 0.6 is 0 Å². The monoisotopic (exact) mass is 368 g/mol. The highest BCUT2D eigenvalue weighted by Gasteiger charge is 2.52. The fourth-order valence-electron chi connectivity index (χ4n) is 5.73. The van der Waals surface area contributed by atoms with Crippen molar-refractivity contribution < 1.29 is 9.90 Å². The van der Waals surface area contributed by atoms with Gasteiger partial charge in [-0.25, -0.2) is 0 Å². The lowest BCUT2D eigenvalue weighted by Gasteiger charge is -2.51. The number of likely N-dealkylation sites (N-methyl/N-ethyl adjacent to an activating group) is 1. The van der Waals surface area contributed by atoms with Gasteiger partial charge in [-0.15, -0.1) is 0 Å². The Labute approximate surface area is 162 Å². The van der Waals surface area contributed by atoms with Gasteiger partial charge in [0, 0.05) is 41.6 Å². The normalized spacial score (nSPS) is 29.1. The average Bonchev–Trinajstić information content (AvgIpc) is 3.02. The number of hydrogen-bond donors (Lipinski definition) is 1. The van der Waals surface area contributed by atoms with Crippen molar-refractivity contribution in [2.24, 2.45) is 11.3 Å². The van der Waals surface area contributed by atoms with E-state index in [0.29, 0.717) is 18.6 Å². The van der Waals surface area contributed by atoms with Crippen LogP contribution in [0.15, 0.2) is 24.4 Å². The minimum Gasteiger partial charge on any atom is -0.481 e. The Bertz CT molecular complexity index is 884. The van der Waals surface area contributed by atoms with Crippen molar-refractivity contribution in [1.82, 2.24) is 9.47 Å². The molecule has 1 aliphatic carbocycles. The van der Waals surface area contributed by atoms with Gasteiger partial charge in [-0.05, 0) is 56.8 Å². The molecule has 1 saturated heterocycles. The number of carbonyl (C=O) groups is 1. The number of likely N-dealkylation sites (tertiary alicyclic amines) is 1. The van der Waals surface area contributed by atoms with E-state index < -0.39 is 11.4 Å². The van der Waals surface area contributed by atoms with Crippen molar-refractivity contribution in [2.75, 3.05) is 13.6 Å². The van der Waals surface area contributed by atoms with Crippen molar-refractivity contribution in [3.05, 3.63) is 35.5 Å². The smallest absolute Gasteiger partial charge is 0.311 e. The van der Waals surface area contributed by atoms with Crippen LogP contribution < -0.4 is 0 Å². The molecule has 2 aromatic rings. The summed E-state index contributed by atoms with van der Waals surface area (Å²) in [6, 6.07) is 7.43. The molecule has 1 fully saturated rings. The van der Waals surface area contributed by atoms with Crippen LogP contribution in [0.4, 0.5) is 0 Å². The summed E-state index contributed by atoms with van der Waals surface area (Å²) in [5.74, 6) is -0.174. The number of piperidine rings is 1. The van der Waals surface area contributed by atoms with Gasteiger partial charge in [-0.1, -0.05) is 32.4 Å². The molecule has 27 heavy (non-hydrogen) atoms. The van der Waals surface area contributed by atoms with E-state index in [0.717, 1.165) is 19.3 Å². The zero-order valence-corrected chi connectivity index (χ0v) is 17.2. The average molecular weight is 369 g/mol. The first-order valence-corrected chi connectivity index (χ1v) is 10.4. The van der Waals surface area contributed by atoms with Crippen LogP contribution in [0, 0.1) is 11.3 Å². The molecule has 4 heteroatoms. The minimum atomic E-state index is -0.662. The van der Waals surface area contributed by atoms with Gasteiger partial charge in [-0.3, -0.25) is 4.79 Å². The molecule has 4 atom stereocenters. The fourth-order valence-corrected chi connectivity index (χ4v) is 5.73. The zero-order valence-electron chi connectivity index (χ0n) is 17.2. The summed E-state index contributed by atoms with van der Waals surface area (Å²) in [7, 11) is 2.13. The number of nitrogens with zero attached hydrogens (tertiary/aromatic N) is 2. The van der Waals surface area contributed by atoms with E-state index in [1.54, 1.807) is 0 Å². The number of aliphatic carboxylic acids is 1. The molecular formula is C23H32N2O2. The maximum Gasteiger partial charge on any atom is 0.311 e. The molecule has 0 saturated carbocycles. The van der Waals surface area contributed by atoms with Gasteiger partial charge >= 0.3 is 5.97 Å². The Balaban J connectivity index is 1.87. The third kappa shape index (κ3) is 2.56. The second kappa shape index (κ2) is 6.37. The summed E-state index contributed by atoms with van der Waals surface area (Å²) in [5.41, 5.74) is 3.42. The Kier molecular flexibility index (Phi) is 4.38. The molecule has 1 aromatic carbocycles. The van der Waals surface area contributed by atoms with Gasteiger partial charge < -0.3 is 14.6 Å². The van der Waals surface area contributed by atoms with E-state index in [2.05, 4.69) is 68.6 Å². The van der Waals surface area contributed by atoms with Crippen LogP contribution in [0.2, 0.25) is 0 Å². The van der Waals surface area contributed by atoms with Crippen molar-refractivity contribution in [1.29, 1.82) is 0 Å². The highest BCUT2D eigenvalue weighted by atomic mass is 16.4. The molecule has 1 N–H and O–H groups in total. The first kappa shape index (κ1) is 18.5. The van der Waals surface area contributed by atoms with Gasteiger partial charge in [0.05, 0.1) is 5.41 Å². The molecule has 2 aliphatic rings. The number of aromatic nitrogens is 1. The first-order chi connectivity index (χ1) is 12.8. The first-order valence-electron chi connectivity index (χ1n) is 10.4. The van der Waals surface area contributed by atoms with Crippen molar-refractivity contribution in [3.63, 3.8) is 0 Å². The molecular weight excluding hydrogens is 336 g/mol. The number of benzene rings is 1. The number of rotatable bonds is 4. The van der Waals surface area contributed by atoms with Crippen molar-refractivity contribution in [2.45, 2.75) is 65.0 Å². The molecule has 2 heterocycles. The molecule has 0 spiro atoms. The predicted molar refractivity (Wildman–Crippen MR) is 109 cm³/mol. The predicted octanol–water partition coefficient (Wildman–Crippen LogP) is 4.68. The van der Waals surface area contributed by atoms with Crippen molar-refractivity contribution in [3.8, 4) is 0 Å². The van der Waals surface area contributed by atoms with Crippen LogP contribution in [-0.4, -0.2) is 40.2 Å². The number of carboxylic acid groups (broad SMARTS) is 1. The highest BCUT2D eigenvalue weighted by molar-refractivity contribution is 5.89. The highest BCUT2D eigenvalue weighted by Crippen LogP contribution is 2.51. The summed E-state index contributed by atoms with van der Waals surface area (Å²) in [6.45, 7) is 9.33. The molecule has 1 aliphatic heterocycles. The van der Waals surface area contributed by atoms with Gasteiger partial charge in [0.15, 0.2) is 0 Å². The van der Waals surface area contributed by atoms with E-state index >= 15 is 0 Å². The van der Waals surface area contributed by atoms with Gasteiger partial charge in [0.25, 0.3) is 0 Å². The Hall–Kier alpha value is -1.81. The lowest BCUT2D eigenvalue weighted by Crippen LogP contribution is -2.57. The third-order valence-corrected chi connectivity index (χ3v) is 7.48. The Morgan fingerprint density at radius 3 is 2.70 bits per heavy atom. The minimum absolute atomic E-state index is 0.166. The van der Waals surface area contributed by atoms with Crippen LogP contribution in [0.3, 0.4) is 0 Å². The fraction of sp³-hybridized carbons (Fsp3) is 0.609. The summed E-state index contributed by atoms with van der Waals surface area (Å²) < 4.78 is 2.38. The zero-order chi connectivity index (χ0) is 19.5. The number of hydrogen-bond acceptors (Lipinski definition) is 2.